The van der Waals surface area contributed by atoms with Crippen LogP contribution in [0.5, 0.6) is 0 Å². The number of rotatable bonds is 5. The van der Waals surface area contributed by atoms with Gasteiger partial charge in [0.25, 0.3) is 5.91 Å². The van der Waals surface area contributed by atoms with Crippen LogP contribution < -0.4 is 11.1 Å². The van der Waals surface area contributed by atoms with Crippen LogP contribution in [0, 0.1) is 11.8 Å². The highest BCUT2D eigenvalue weighted by atomic mass is 35.5. The fraction of sp³-hybridized carbons (Fsp3) is 0.192. The Hall–Kier alpha value is -4.89. The van der Waals surface area contributed by atoms with Gasteiger partial charge in [0.05, 0.1) is 18.3 Å². The van der Waals surface area contributed by atoms with Crippen LogP contribution in [-0.2, 0) is 16.1 Å². The third-order valence-electron chi connectivity index (χ3n) is 6.01. The van der Waals surface area contributed by atoms with Gasteiger partial charge in [-0.25, -0.2) is 14.4 Å². The quantitative estimate of drug-likeness (QED) is 0.287. The number of carbonyl (C=O) groups is 3. The summed E-state index contributed by atoms with van der Waals surface area (Å²) in [4.78, 5) is 51.5. The molecule has 2 atom stereocenters. The summed E-state index contributed by atoms with van der Waals surface area (Å²) in [6, 6.07) is 8.60. The van der Waals surface area contributed by atoms with Crippen molar-refractivity contribution in [3.8, 4) is 11.8 Å². The minimum atomic E-state index is -1.39. The van der Waals surface area contributed by atoms with Crippen LogP contribution in [0.3, 0.4) is 0 Å². The number of aromatic nitrogens is 5. The molecule has 3 aromatic heterocycles. The molecule has 0 spiro atoms. The number of nitrogens with zero attached hydrogens (tertiary/aromatic N) is 6. The molecule has 5 rings (SSSR count). The number of amides is 3. The van der Waals surface area contributed by atoms with Crippen molar-refractivity contribution in [3.05, 3.63) is 77.1 Å². The van der Waals surface area contributed by atoms with Gasteiger partial charge in [0.1, 0.15) is 35.4 Å². The molecule has 39 heavy (non-hydrogen) atoms. The lowest BCUT2D eigenvalue weighted by atomic mass is 10.1. The normalized spacial score (nSPS) is 16.5. The maximum absolute atomic E-state index is 14.4. The van der Waals surface area contributed by atoms with E-state index in [2.05, 4.69) is 37.2 Å². The second-order valence-corrected chi connectivity index (χ2v) is 9.06. The van der Waals surface area contributed by atoms with Crippen molar-refractivity contribution >= 4 is 46.0 Å². The minimum absolute atomic E-state index is 0.0490. The Morgan fingerprint density at radius 1 is 1.18 bits per heavy atom. The van der Waals surface area contributed by atoms with Crippen molar-refractivity contribution in [1.82, 2.24) is 29.6 Å². The van der Waals surface area contributed by atoms with Gasteiger partial charge >= 0.3 is 0 Å². The first-order chi connectivity index (χ1) is 18.8. The third-order valence-corrected chi connectivity index (χ3v) is 6.22. The molecule has 196 valence electrons. The highest BCUT2D eigenvalue weighted by molar-refractivity contribution is 6.29. The van der Waals surface area contributed by atoms with Gasteiger partial charge in [-0.3, -0.25) is 24.0 Å². The lowest BCUT2D eigenvalue weighted by molar-refractivity contribution is -0.137. The molecule has 1 fully saturated rings. The highest BCUT2D eigenvalue weighted by Gasteiger charge is 2.40. The molecule has 1 aliphatic heterocycles. The number of hydrogen-bond donors (Lipinski definition) is 2. The summed E-state index contributed by atoms with van der Waals surface area (Å²) in [6.45, 7) is -0.607. The fourth-order valence-corrected chi connectivity index (χ4v) is 4.44. The van der Waals surface area contributed by atoms with E-state index in [4.69, 9.17) is 17.3 Å². The summed E-state index contributed by atoms with van der Waals surface area (Å²) < 4.78 is 15.7. The number of pyridine rings is 1. The molecule has 11 nitrogen and oxygen atoms in total. The van der Waals surface area contributed by atoms with Crippen LogP contribution in [0.15, 0.2) is 55.0 Å². The summed E-state index contributed by atoms with van der Waals surface area (Å²) in [6.07, 6.45) is 3.02. The highest BCUT2D eigenvalue weighted by Crippen LogP contribution is 2.25. The van der Waals surface area contributed by atoms with E-state index in [0.29, 0.717) is 22.2 Å². The second-order valence-electron chi connectivity index (χ2n) is 8.67. The first-order valence-corrected chi connectivity index (χ1v) is 12.1. The van der Waals surface area contributed by atoms with Gasteiger partial charge in [0, 0.05) is 29.8 Å². The number of fused-ring (bicyclic) bond motifs is 1. The van der Waals surface area contributed by atoms with E-state index < -0.39 is 29.9 Å². The van der Waals surface area contributed by atoms with Gasteiger partial charge in [-0.1, -0.05) is 23.6 Å². The lowest BCUT2D eigenvalue weighted by Crippen LogP contribution is -2.44. The van der Waals surface area contributed by atoms with E-state index in [-0.39, 0.29) is 36.2 Å². The minimum Gasteiger partial charge on any atom is -0.364 e. The number of alkyl halides is 1. The number of likely N-dealkylation sites (tertiary alicyclic amines) is 1. The monoisotopic (exact) mass is 546 g/mol. The fourth-order valence-electron chi connectivity index (χ4n) is 4.27. The molecule has 0 aliphatic carbocycles. The van der Waals surface area contributed by atoms with Crippen molar-refractivity contribution < 1.29 is 18.8 Å². The Balaban J connectivity index is 1.39. The summed E-state index contributed by atoms with van der Waals surface area (Å²) >= 11 is 5.87. The smallest absolute Gasteiger partial charge is 0.269 e. The Morgan fingerprint density at radius 3 is 2.77 bits per heavy atom. The first-order valence-electron chi connectivity index (χ1n) is 11.7. The van der Waals surface area contributed by atoms with E-state index in [1.165, 1.54) is 29.3 Å². The molecule has 3 amide bonds. The van der Waals surface area contributed by atoms with Gasteiger partial charge in [-0.15, -0.1) is 0 Å². The van der Waals surface area contributed by atoms with Crippen LogP contribution in [0.4, 0.5) is 10.2 Å². The molecule has 1 aromatic carbocycles. The summed E-state index contributed by atoms with van der Waals surface area (Å²) in [5.74, 6) is 4.07. The predicted octanol–water partition coefficient (Wildman–Crippen LogP) is 1.95. The van der Waals surface area contributed by atoms with Gasteiger partial charge in [-0.2, -0.15) is 5.10 Å². The van der Waals surface area contributed by atoms with E-state index in [0.717, 1.165) is 4.90 Å². The molecule has 1 saturated heterocycles. The summed E-state index contributed by atoms with van der Waals surface area (Å²) in [5.41, 5.74) is 6.97. The Bertz CT molecular complexity index is 1650. The van der Waals surface area contributed by atoms with Crippen LogP contribution in [-0.4, -0.2) is 66.1 Å². The van der Waals surface area contributed by atoms with E-state index in [1.807, 2.05) is 0 Å². The van der Waals surface area contributed by atoms with Crippen molar-refractivity contribution in [2.75, 3.05) is 11.9 Å². The SMILES string of the molecule is NC(=O)c1nn(CC(=O)N2C[C@H](F)C[C@H]2C(=O)Nc2cccc(Cl)n2)c2ccc(C#Cc3cnccn3)cc12. The second kappa shape index (κ2) is 10.8. The van der Waals surface area contributed by atoms with Crippen LogP contribution in [0.25, 0.3) is 10.9 Å². The molecule has 0 radical (unpaired) electrons. The topological polar surface area (TPSA) is 149 Å². The van der Waals surface area contributed by atoms with Crippen LogP contribution >= 0.6 is 11.6 Å². The zero-order valence-electron chi connectivity index (χ0n) is 20.2. The number of halogens is 2. The number of hydrogen-bond acceptors (Lipinski definition) is 7. The van der Waals surface area contributed by atoms with Gasteiger partial charge in [-0.05, 0) is 36.3 Å². The molecule has 4 aromatic rings. The number of carbonyl (C=O) groups excluding carboxylic acids is 3. The maximum atomic E-state index is 14.4. The molecule has 0 unspecified atom stereocenters. The van der Waals surface area contributed by atoms with Crippen molar-refractivity contribution in [3.63, 3.8) is 0 Å². The average Bonchev–Trinajstić information content (AvgIpc) is 3.49. The third kappa shape index (κ3) is 5.68. The van der Waals surface area contributed by atoms with Gasteiger partial charge in [0.15, 0.2) is 5.69 Å². The Kier molecular flexibility index (Phi) is 7.16. The predicted molar refractivity (Wildman–Crippen MR) is 139 cm³/mol. The number of nitrogens with one attached hydrogen (secondary N) is 1. The Morgan fingerprint density at radius 2 is 2.03 bits per heavy atom. The van der Waals surface area contributed by atoms with Gasteiger partial charge in [0.2, 0.25) is 11.8 Å². The maximum Gasteiger partial charge on any atom is 0.269 e. The Labute approximate surface area is 226 Å². The number of benzene rings is 1. The van der Waals surface area contributed by atoms with Crippen LogP contribution in [0.1, 0.15) is 28.2 Å². The van der Waals surface area contributed by atoms with E-state index >= 15 is 0 Å². The largest absolute Gasteiger partial charge is 0.364 e. The van der Waals surface area contributed by atoms with Crippen molar-refractivity contribution in [2.24, 2.45) is 5.73 Å². The summed E-state index contributed by atoms with van der Waals surface area (Å²) in [7, 11) is 0. The lowest BCUT2D eigenvalue weighted by Gasteiger charge is -2.23. The van der Waals surface area contributed by atoms with Crippen LogP contribution in [0.2, 0.25) is 5.15 Å². The zero-order valence-corrected chi connectivity index (χ0v) is 21.0. The molecular formula is C26H20ClFN8O3. The average molecular weight is 547 g/mol. The molecule has 0 bridgehead atoms. The molecular weight excluding hydrogens is 527 g/mol. The van der Waals surface area contributed by atoms with E-state index in [9.17, 15) is 18.8 Å². The molecule has 0 saturated carbocycles. The number of primary amides is 1. The summed E-state index contributed by atoms with van der Waals surface area (Å²) in [5, 5.41) is 7.37. The van der Waals surface area contributed by atoms with Crippen molar-refractivity contribution in [2.45, 2.75) is 25.2 Å². The van der Waals surface area contributed by atoms with Gasteiger partial charge < -0.3 is 16.0 Å². The molecule has 1 aliphatic rings. The molecule has 3 N–H and O–H groups in total. The first kappa shape index (κ1) is 25.7. The van der Waals surface area contributed by atoms with Crippen molar-refractivity contribution in [1.29, 1.82) is 0 Å². The number of anilines is 1. The zero-order chi connectivity index (χ0) is 27.5. The molecule has 4 heterocycles. The molecule has 13 heteroatoms. The standard InChI is InChI=1S/C26H20ClFN8O3/c27-21-2-1-3-22(32-21)33-26(39)20-11-16(28)13-35(20)23(37)14-36-19-7-5-15(4-6-17-12-30-8-9-31-17)10-18(19)24(34-36)25(29)38/h1-3,5,7-10,12,16,20H,11,13-14H2,(H2,29,38)(H,32,33,39)/t16-,20+/m1/s1. The number of nitrogens with two attached hydrogens (primary N) is 1. The van der Waals surface area contributed by atoms with E-state index in [1.54, 1.807) is 30.3 Å².